The third-order valence-electron chi connectivity index (χ3n) is 2.43. The molecule has 0 bridgehead atoms. The molecule has 0 aliphatic heterocycles. The van der Waals surface area contributed by atoms with Crippen LogP contribution in [0, 0.1) is 5.92 Å². The fourth-order valence-corrected chi connectivity index (χ4v) is 1.55. The Bertz CT molecular complexity index is 272. The largest absolute Gasteiger partial charge is 0.478 e. The molecule has 0 amide bonds. The van der Waals surface area contributed by atoms with Crippen LogP contribution < -0.4 is 0 Å². The minimum absolute atomic E-state index is 0.0429. The normalized spacial score (nSPS) is 14.6. The molecule has 0 aromatic heterocycles. The molecule has 4 heteroatoms. The second-order valence-electron chi connectivity index (χ2n) is 4.97. The lowest BCUT2D eigenvalue weighted by Gasteiger charge is -2.28. The van der Waals surface area contributed by atoms with Crippen molar-refractivity contribution in [3.8, 4) is 0 Å². The number of hydrogen-bond donors (Lipinski definition) is 1. The lowest BCUT2D eigenvalue weighted by molar-refractivity contribution is -0.199. The Morgan fingerprint density at radius 1 is 1.17 bits per heavy atom. The van der Waals surface area contributed by atoms with Crippen molar-refractivity contribution in [2.75, 3.05) is 0 Å². The molecule has 0 rings (SSSR count). The Labute approximate surface area is 110 Å². The van der Waals surface area contributed by atoms with Gasteiger partial charge >= 0.3 is 5.97 Å². The van der Waals surface area contributed by atoms with Crippen molar-refractivity contribution in [3.05, 3.63) is 11.6 Å². The molecule has 0 fully saturated rings. The van der Waals surface area contributed by atoms with Gasteiger partial charge in [0.1, 0.15) is 0 Å². The molecule has 0 aliphatic rings. The zero-order valence-corrected chi connectivity index (χ0v) is 12.3. The summed E-state index contributed by atoms with van der Waals surface area (Å²) in [6, 6.07) is 0. The summed E-state index contributed by atoms with van der Waals surface area (Å²) in [5, 5.41) is 8.92. The maximum absolute atomic E-state index is 10.9. The fourth-order valence-electron chi connectivity index (χ4n) is 1.55. The number of carboxylic acids is 1. The van der Waals surface area contributed by atoms with Gasteiger partial charge in [0.05, 0.1) is 12.2 Å². The van der Waals surface area contributed by atoms with E-state index in [4.69, 9.17) is 14.6 Å². The molecule has 1 unspecified atom stereocenters. The first-order chi connectivity index (χ1) is 8.27. The van der Waals surface area contributed by atoms with Crippen LogP contribution in [0.2, 0.25) is 0 Å². The Morgan fingerprint density at radius 3 is 1.89 bits per heavy atom. The molecule has 0 saturated carbocycles. The average Bonchev–Trinajstić information content (AvgIpc) is 2.22. The van der Waals surface area contributed by atoms with E-state index in [0.29, 0.717) is 5.57 Å². The van der Waals surface area contributed by atoms with E-state index in [1.807, 2.05) is 34.6 Å². The third kappa shape index (κ3) is 6.77. The lowest BCUT2D eigenvalue weighted by atomic mass is 10.0. The highest BCUT2D eigenvalue weighted by molar-refractivity contribution is 5.85. The van der Waals surface area contributed by atoms with Gasteiger partial charge in [0.15, 0.2) is 6.29 Å². The smallest absolute Gasteiger partial charge is 0.330 e. The molecular formula is C14H26O4. The van der Waals surface area contributed by atoms with Crippen LogP contribution in [0.5, 0.6) is 0 Å². The van der Waals surface area contributed by atoms with E-state index in [-0.39, 0.29) is 18.1 Å². The molecule has 0 aromatic rings. The quantitative estimate of drug-likeness (QED) is 0.536. The Morgan fingerprint density at radius 2 is 1.61 bits per heavy atom. The molecule has 18 heavy (non-hydrogen) atoms. The highest BCUT2D eigenvalue weighted by Gasteiger charge is 2.23. The number of hydrogen-bond acceptors (Lipinski definition) is 3. The van der Waals surface area contributed by atoms with E-state index < -0.39 is 12.3 Å². The Hall–Kier alpha value is -0.870. The predicted molar refractivity (Wildman–Crippen MR) is 71.4 cm³/mol. The number of aliphatic carboxylic acids is 1. The molecule has 0 saturated heterocycles. The zero-order valence-electron chi connectivity index (χ0n) is 12.3. The van der Waals surface area contributed by atoms with E-state index in [2.05, 4.69) is 0 Å². The highest BCUT2D eigenvalue weighted by atomic mass is 16.7. The van der Waals surface area contributed by atoms with Gasteiger partial charge in [-0.15, -0.1) is 0 Å². The second kappa shape index (κ2) is 8.27. The van der Waals surface area contributed by atoms with Crippen LogP contribution in [0.15, 0.2) is 11.6 Å². The predicted octanol–water partition coefficient (Wildman–Crippen LogP) is 3.22. The molecule has 0 aromatic carbocycles. The molecule has 0 spiro atoms. The molecule has 1 N–H and O–H groups in total. The first-order valence-corrected chi connectivity index (χ1v) is 6.50. The van der Waals surface area contributed by atoms with Crippen LogP contribution in [0.1, 0.15) is 48.0 Å². The molecular weight excluding hydrogens is 232 g/mol. The summed E-state index contributed by atoms with van der Waals surface area (Å²) in [4.78, 5) is 10.9. The fraction of sp³-hybridized carbons (Fsp3) is 0.786. The molecule has 0 heterocycles. The van der Waals surface area contributed by atoms with Crippen molar-refractivity contribution in [2.45, 2.75) is 66.5 Å². The lowest BCUT2D eigenvalue weighted by Crippen LogP contribution is -2.31. The van der Waals surface area contributed by atoms with Gasteiger partial charge in [0, 0.05) is 11.5 Å². The molecule has 0 radical (unpaired) electrons. The van der Waals surface area contributed by atoms with E-state index in [1.165, 1.54) is 0 Å². The van der Waals surface area contributed by atoms with Crippen molar-refractivity contribution in [1.82, 2.24) is 0 Å². The van der Waals surface area contributed by atoms with Gasteiger partial charge in [0.25, 0.3) is 0 Å². The van der Waals surface area contributed by atoms with Gasteiger partial charge in [-0.3, -0.25) is 0 Å². The van der Waals surface area contributed by atoms with Gasteiger partial charge in [-0.05, 0) is 41.0 Å². The van der Waals surface area contributed by atoms with E-state index in [9.17, 15) is 4.79 Å². The first kappa shape index (κ1) is 17.1. The third-order valence-corrected chi connectivity index (χ3v) is 2.43. The van der Waals surface area contributed by atoms with Crippen LogP contribution in [0.25, 0.3) is 0 Å². The van der Waals surface area contributed by atoms with Crippen LogP contribution in [0.3, 0.4) is 0 Å². The Kier molecular flexibility index (Phi) is 7.87. The topological polar surface area (TPSA) is 55.8 Å². The van der Waals surface area contributed by atoms with Crippen LogP contribution >= 0.6 is 0 Å². The first-order valence-electron chi connectivity index (χ1n) is 6.50. The SMILES string of the molecule is CCC(C=C(C)C(=O)O)C(OC(C)C)OC(C)C. The van der Waals surface area contributed by atoms with E-state index in [0.717, 1.165) is 6.42 Å². The summed E-state index contributed by atoms with van der Waals surface area (Å²) >= 11 is 0. The van der Waals surface area contributed by atoms with Gasteiger partial charge in [-0.1, -0.05) is 13.0 Å². The van der Waals surface area contributed by atoms with Crippen LogP contribution in [-0.2, 0) is 14.3 Å². The standard InChI is InChI=1S/C14H26O4/c1-7-12(8-11(6)13(15)16)14(17-9(2)3)18-10(4)5/h8-10,12,14H,7H2,1-6H3,(H,15,16). The molecule has 1 atom stereocenters. The van der Waals surface area contributed by atoms with Gasteiger partial charge in [-0.25, -0.2) is 4.79 Å². The summed E-state index contributed by atoms with van der Waals surface area (Å²) in [5.41, 5.74) is 0.326. The molecule has 4 nitrogen and oxygen atoms in total. The monoisotopic (exact) mass is 258 g/mol. The van der Waals surface area contributed by atoms with Crippen molar-refractivity contribution in [1.29, 1.82) is 0 Å². The average molecular weight is 258 g/mol. The summed E-state index contributed by atoms with van der Waals surface area (Å²) in [5.74, 6) is -0.952. The highest BCUT2D eigenvalue weighted by Crippen LogP contribution is 2.20. The van der Waals surface area contributed by atoms with E-state index >= 15 is 0 Å². The number of rotatable bonds is 8. The zero-order chi connectivity index (χ0) is 14.3. The van der Waals surface area contributed by atoms with Crippen LogP contribution in [0.4, 0.5) is 0 Å². The summed E-state index contributed by atoms with van der Waals surface area (Å²) < 4.78 is 11.5. The molecule has 106 valence electrons. The van der Waals surface area contributed by atoms with Crippen molar-refractivity contribution in [2.24, 2.45) is 5.92 Å². The number of carboxylic acid groups (broad SMARTS) is 1. The maximum atomic E-state index is 10.9. The van der Waals surface area contributed by atoms with Gasteiger partial charge in [-0.2, -0.15) is 0 Å². The minimum atomic E-state index is -0.902. The number of ether oxygens (including phenoxy) is 2. The molecule has 0 aliphatic carbocycles. The van der Waals surface area contributed by atoms with E-state index in [1.54, 1.807) is 13.0 Å². The van der Waals surface area contributed by atoms with Gasteiger partial charge in [0.2, 0.25) is 0 Å². The summed E-state index contributed by atoms with van der Waals surface area (Å²) in [6.07, 6.45) is 2.18. The van der Waals surface area contributed by atoms with Gasteiger partial charge < -0.3 is 14.6 Å². The minimum Gasteiger partial charge on any atom is -0.478 e. The van der Waals surface area contributed by atoms with Crippen molar-refractivity contribution in [3.63, 3.8) is 0 Å². The number of carbonyl (C=O) groups is 1. The second-order valence-corrected chi connectivity index (χ2v) is 4.97. The van der Waals surface area contributed by atoms with Crippen molar-refractivity contribution < 1.29 is 19.4 Å². The Balaban J connectivity index is 4.90. The van der Waals surface area contributed by atoms with Crippen LogP contribution in [-0.4, -0.2) is 29.6 Å². The summed E-state index contributed by atoms with van der Waals surface area (Å²) in [6.45, 7) is 11.4. The summed E-state index contributed by atoms with van der Waals surface area (Å²) in [7, 11) is 0. The van der Waals surface area contributed by atoms with Crippen molar-refractivity contribution >= 4 is 5.97 Å². The maximum Gasteiger partial charge on any atom is 0.330 e.